The fourth-order valence-electron chi connectivity index (χ4n) is 3.75. The van der Waals surface area contributed by atoms with Crippen molar-refractivity contribution in [3.8, 4) is 0 Å². The Balaban J connectivity index is 1.61. The fraction of sp³-hybridized carbons (Fsp3) is 0.524. The van der Waals surface area contributed by atoms with Crippen LogP contribution in [0.2, 0.25) is 0 Å². The SMILES string of the molecule is CCNC(=NCCc1c(C)nn(C)c1C)N1CCN(c2ccccc2F)CC1. The molecule has 0 unspecified atom stereocenters. The number of aromatic nitrogens is 2. The van der Waals surface area contributed by atoms with Crippen molar-refractivity contribution in [1.82, 2.24) is 20.0 Å². The number of rotatable bonds is 5. The Morgan fingerprint density at radius 1 is 1.18 bits per heavy atom. The Bertz CT molecular complexity index is 820. The Kier molecular flexibility index (Phi) is 6.54. The summed E-state index contributed by atoms with van der Waals surface area (Å²) in [5.74, 6) is 0.786. The highest BCUT2D eigenvalue weighted by molar-refractivity contribution is 5.80. The van der Waals surface area contributed by atoms with Crippen molar-refractivity contribution in [3.05, 3.63) is 47.0 Å². The number of nitrogens with zero attached hydrogens (tertiary/aromatic N) is 5. The molecule has 6 nitrogen and oxygen atoms in total. The minimum Gasteiger partial charge on any atom is -0.366 e. The maximum Gasteiger partial charge on any atom is 0.194 e. The standard InChI is InChI=1S/C21H31FN6/c1-5-23-21(24-11-10-18-16(2)25-26(4)17(18)3)28-14-12-27(13-15-28)20-9-7-6-8-19(20)22/h6-9H,5,10-15H2,1-4H3,(H,23,24). The maximum absolute atomic E-state index is 14.0. The molecule has 1 fully saturated rings. The van der Waals surface area contributed by atoms with E-state index in [9.17, 15) is 4.39 Å². The van der Waals surface area contributed by atoms with Crippen molar-refractivity contribution in [2.45, 2.75) is 27.2 Å². The lowest BCUT2D eigenvalue weighted by atomic mass is 10.1. The van der Waals surface area contributed by atoms with E-state index < -0.39 is 0 Å². The minimum atomic E-state index is -0.154. The Morgan fingerprint density at radius 2 is 1.89 bits per heavy atom. The zero-order valence-corrected chi connectivity index (χ0v) is 17.4. The summed E-state index contributed by atoms with van der Waals surface area (Å²) in [6.07, 6.45) is 0.885. The predicted octanol–water partition coefficient (Wildman–Crippen LogP) is 2.51. The van der Waals surface area contributed by atoms with Crippen molar-refractivity contribution in [3.63, 3.8) is 0 Å². The zero-order valence-electron chi connectivity index (χ0n) is 17.4. The van der Waals surface area contributed by atoms with Crippen LogP contribution in [0.3, 0.4) is 0 Å². The smallest absolute Gasteiger partial charge is 0.194 e. The molecule has 1 aliphatic rings. The van der Waals surface area contributed by atoms with E-state index in [2.05, 4.69) is 41.0 Å². The monoisotopic (exact) mass is 386 g/mol. The van der Waals surface area contributed by atoms with E-state index in [1.54, 1.807) is 6.07 Å². The van der Waals surface area contributed by atoms with E-state index in [0.29, 0.717) is 5.69 Å². The molecule has 1 aromatic heterocycles. The van der Waals surface area contributed by atoms with Gasteiger partial charge in [-0.2, -0.15) is 5.10 Å². The number of benzene rings is 1. The fourth-order valence-corrected chi connectivity index (χ4v) is 3.75. The quantitative estimate of drug-likeness (QED) is 0.634. The summed E-state index contributed by atoms with van der Waals surface area (Å²) in [6, 6.07) is 6.99. The molecule has 7 heteroatoms. The van der Waals surface area contributed by atoms with E-state index in [0.717, 1.165) is 57.3 Å². The Hall–Kier alpha value is -2.57. The lowest BCUT2D eigenvalue weighted by molar-refractivity contribution is 0.371. The first kappa shape index (κ1) is 20.2. The highest BCUT2D eigenvalue weighted by Gasteiger charge is 2.21. The molecule has 1 N–H and O–H groups in total. The van der Waals surface area contributed by atoms with Gasteiger partial charge in [0.2, 0.25) is 0 Å². The predicted molar refractivity (Wildman–Crippen MR) is 113 cm³/mol. The first-order valence-corrected chi connectivity index (χ1v) is 10.0. The number of para-hydroxylation sites is 1. The summed E-state index contributed by atoms with van der Waals surface area (Å²) in [4.78, 5) is 9.22. The van der Waals surface area contributed by atoms with E-state index >= 15 is 0 Å². The lowest BCUT2D eigenvalue weighted by Gasteiger charge is -2.37. The summed E-state index contributed by atoms with van der Waals surface area (Å²) < 4.78 is 16.0. The molecule has 28 heavy (non-hydrogen) atoms. The van der Waals surface area contributed by atoms with Crippen LogP contribution in [0.15, 0.2) is 29.3 Å². The van der Waals surface area contributed by atoms with E-state index in [1.165, 1.54) is 17.3 Å². The zero-order chi connectivity index (χ0) is 20.1. The number of aliphatic imine (C=N–C) groups is 1. The Labute approximate surface area is 167 Å². The third-order valence-electron chi connectivity index (χ3n) is 5.39. The number of hydrogen-bond donors (Lipinski definition) is 1. The van der Waals surface area contributed by atoms with Gasteiger partial charge in [0, 0.05) is 52.0 Å². The molecule has 0 saturated carbocycles. The first-order valence-electron chi connectivity index (χ1n) is 10.0. The number of anilines is 1. The summed E-state index contributed by atoms with van der Waals surface area (Å²) in [5.41, 5.74) is 4.26. The molecule has 0 bridgehead atoms. The van der Waals surface area contributed by atoms with E-state index in [-0.39, 0.29) is 5.82 Å². The van der Waals surface area contributed by atoms with Crippen LogP contribution < -0.4 is 10.2 Å². The van der Waals surface area contributed by atoms with Gasteiger partial charge in [-0.05, 0) is 44.9 Å². The van der Waals surface area contributed by atoms with Gasteiger partial charge in [-0.25, -0.2) is 4.39 Å². The molecule has 0 aliphatic carbocycles. The van der Waals surface area contributed by atoms with Crippen LogP contribution in [0.1, 0.15) is 23.9 Å². The van der Waals surface area contributed by atoms with Gasteiger partial charge in [-0.1, -0.05) is 12.1 Å². The van der Waals surface area contributed by atoms with Gasteiger partial charge in [0.05, 0.1) is 11.4 Å². The number of aryl methyl sites for hydroxylation is 2. The van der Waals surface area contributed by atoms with Crippen molar-refractivity contribution in [2.75, 3.05) is 44.2 Å². The average Bonchev–Trinajstić information content (AvgIpc) is 2.94. The second-order valence-corrected chi connectivity index (χ2v) is 7.18. The van der Waals surface area contributed by atoms with Gasteiger partial charge in [-0.3, -0.25) is 9.67 Å². The highest BCUT2D eigenvalue weighted by atomic mass is 19.1. The molecule has 1 aliphatic heterocycles. The molecule has 2 heterocycles. The summed E-state index contributed by atoms with van der Waals surface area (Å²) in [5, 5.41) is 7.89. The molecule has 3 rings (SSSR count). The number of nitrogens with one attached hydrogen (secondary N) is 1. The summed E-state index contributed by atoms with van der Waals surface area (Å²) in [7, 11) is 1.98. The van der Waals surface area contributed by atoms with Crippen molar-refractivity contribution in [1.29, 1.82) is 0 Å². The molecule has 152 valence electrons. The van der Waals surface area contributed by atoms with Crippen LogP contribution in [0.25, 0.3) is 0 Å². The number of piperazine rings is 1. The van der Waals surface area contributed by atoms with Gasteiger partial charge in [0.1, 0.15) is 5.82 Å². The minimum absolute atomic E-state index is 0.154. The van der Waals surface area contributed by atoms with Crippen molar-refractivity contribution in [2.24, 2.45) is 12.0 Å². The number of hydrogen-bond acceptors (Lipinski definition) is 3. The molecular weight excluding hydrogens is 355 g/mol. The molecule has 0 spiro atoms. The normalized spacial score (nSPS) is 15.2. The van der Waals surface area contributed by atoms with E-state index in [4.69, 9.17) is 4.99 Å². The van der Waals surface area contributed by atoms with Crippen LogP contribution in [0.4, 0.5) is 10.1 Å². The molecule has 1 aromatic carbocycles. The second-order valence-electron chi connectivity index (χ2n) is 7.18. The van der Waals surface area contributed by atoms with Gasteiger partial charge >= 0.3 is 0 Å². The topological polar surface area (TPSA) is 48.7 Å². The number of guanidine groups is 1. The second kappa shape index (κ2) is 9.08. The first-order chi connectivity index (χ1) is 13.5. The third kappa shape index (κ3) is 4.46. The third-order valence-corrected chi connectivity index (χ3v) is 5.39. The van der Waals surface area contributed by atoms with Crippen molar-refractivity contribution >= 4 is 11.6 Å². The van der Waals surface area contributed by atoms with Crippen LogP contribution in [-0.2, 0) is 13.5 Å². The summed E-state index contributed by atoms with van der Waals surface area (Å²) >= 11 is 0. The largest absolute Gasteiger partial charge is 0.366 e. The van der Waals surface area contributed by atoms with Crippen LogP contribution in [0, 0.1) is 19.7 Å². The van der Waals surface area contributed by atoms with Gasteiger partial charge in [0.25, 0.3) is 0 Å². The lowest BCUT2D eigenvalue weighted by Crippen LogP contribution is -2.52. The molecule has 0 radical (unpaired) electrons. The molecular formula is C21H31FN6. The number of halogens is 1. The molecule has 2 aromatic rings. The van der Waals surface area contributed by atoms with E-state index in [1.807, 2.05) is 23.9 Å². The maximum atomic E-state index is 14.0. The molecule has 1 saturated heterocycles. The van der Waals surface area contributed by atoms with Crippen LogP contribution in [-0.4, -0.2) is 59.9 Å². The van der Waals surface area contributed by atoms with Gasteiger partial charge in [-0.15, -0.1) is 0 Å². The molecule has 0 amide bonds. The highest BCUT2D eigenvalue weighted by Crippen LogP contribution is 2.20. The van der Waals surface area contributed by atoms with Gasteiger partial charge < -0.3 is 15.1 Å². The average molecular weight is 387 g/mol. The molecule has 0 atom stereocenters. The van der Waals surface area contributed by atoms with Crippen LogP contribution >= 0.6 is 0 Å². The van der Waals surface area contributed by atoms with Crippen LogP contribution in [0.5, 0.6) is 0 Å². The Morgan fingerprint density at radius 3 is 2.50 bits per heavy atom. The van der Waals surface area contributed by atoms with Crippen molar-refractivity contribution < 1.29 is 4.39 Å². The summed E-state index contributed by atoms with van der Waals surface area (Å²) in [6.45, 7) is 11.0. The van der Waals surface area contributed by atoms with Gasteiger partial charge in [0.15, 0.2) is 5.96 Å².